The molecule has 8 heteroatoms. The molecular weight excluding hydrogens is 374 g/mol. The molecule has 8 nitrogen and oxygen atoms in total. The predicted molar refractivity (Wildman–Crippen MR) is 106 cm³/mol. The van der Waals surface area contributed by atoms with Crippen LogP contribution >= 0.6 is 0 Å². The van der Waals surface area contributed by atoms with Gasteiger partial charge in [-0.05, 0) is 38.5 Å². The maximum absolute atomic E-state index is 12.2. The number of pyridine rings is 1. The highest BCUT2D eigenvalue weighted by Crippen LogP contribution is 2.30. The zero-order valence-electron chi connectivity index (χ0n) is 16.7. The van der Waals surface area contributed by atoms with Gasteiger partial charge in [0, 0.05) is 11.9 Å². The van der Waals surface area contributed by atoms with Gasteiger partial charge in [-0.3, -0.25) is 10.3 Å². The van der Waals surface area contributed by atoms with Gasteiger partial charge < -0.3 is 19.5 Å². The Morgan fingerprint density at radius 1 is 1.14 bits per heavy atom. The van der Waals surface area contributed by atoms with Crippen molar-refractivity contribution in [2.45, 2.75) is 38.5 Å². The van der Waals surface area contributed by atoms with E-state index in [0.717, 1.165) is 5.56 Å². The number of benzene rings is 1. The van der Waals surface area contributed by atoms with E-state index >= 15 is 0 Å². The van der Waals surface area contributed by atoms with Crippen LogP contribution in [0.15, 0.2) is 48.7 Å². The van der Waals surface area contributed by atoms with Crippen molar-refractivity contribution < 1.29 is 23.8 Å². The number of carbonyl (C=O) groups is 2. The van der Waals surface area contributed by atoms with E-state index in [0.29, 0.717) is 11.4 Å². The number of nitrogens with zero attached hydrogens (tertiary/aromatic N) is 1. The minimum Gasteiger partial charge on any atom is -0.444 e. The second kappa shape index (κ2) is 8.48. The van der Waals surface area contributed by atoms with Crippen LogP contribution < -0.4 is 10.6 Å². The maximum atomic E-state index is 12.2. The zero-order valence-corrected chi connectivity index (χ0v) is 16.7. The zero-order chi connectivity index (χ0) is 20.9. The second-order valence-corrected chi connectivity index (χ2v) is 7.82. The molecule has 2 N–H and O–H groups in total. The molecule has 0 unspecified atom stereocenters. The summed E-state index contributed by atoms with van der Waals surface area (Å²) in [5.41, 5.74) is 0.550. The fraction of sp³-hybridized carbons (Fsp3) is 0.381. The van der Waals surface area contributed by atoms with Crippen molar-refractivity contribution in [1.29, 1.82) is 0 Å². The summed E-state index contributed by atoms with van der Waals surface area (Å²) in [5.74, 6) is 0. The van der Waals surface area contributed by atoms with E-state index in [1.54, 1.807) is 39.1 Å². The number of aromatic nitrogens is 1. The largest absolute Gasteiger partial charge is 0.444 e. The summed E-state index contributed by atoms with van der Waals surface area (Å²) in [6.45, 7) is 6.08. The van der Waals surface area contributed by atoms with Crippen LogP contribution in [0.5, 0.6) is 0 Å². The SMILES string of the molecule is CC(C)(C)OC(=O)NC1(c2cc(NC(=O)OCc3ccccc3)ccn2)COC1. The molecule has 1 aliphatic rings. The first kappa shape index (κ1) is 20.6. The smallest absolute Gasteiger partial charge is 0.411 e. The van der Waals surface area contributed by atoms with Gasteiger partial charge in [-0.15, -0.1) is 0 Å². The number of amides is 2. The molecule has 2 amide bonds. The normalized spacial score (nSPS) is 15.0. The van der Waals surface area contributed by atoms with E-state index < -0.39 is 23.3 Å². The molecule has 0 saturated carbocycles. The Balaban J connectivity index is 1.63. The number of anilines is 1. The number of rotatable bonds is 5. The van der Waals surface area contributed by atoms with Crippen molar-refractivity contribution in [1.82, 2.24) is 10.3 Å². The summed E-state index contributed by atoms with van der Waals surface area (Å²) in [5, 5.41) is 5.52. The molecule has 154 valence electrons. The van der Waals surface area contributed by atoms with Gasteiger partial charge in [-0.2, -0.15) is 0 Å². The van der Waals surface area contributed by atoms with Crippen LogP contribution in [0.3, 0.4) is 0 Å². The topological polar surface area (TPSA) is 98.8 Å². The lowest BCUT2D eigenvalue weighted by atomic mass is 9.92. The number of hydrogen-bond donors (Lipinski definition) is 2. The molecule has 1 saturated heterocycles. The fourth-order valence-corrected chi connectivity index (χ4v) is 2.74. The quantitative estimate of drug-likeness (QED) is 0.797. The highest BCUT2D eigenvalue weighted by atomic mass is 16.6. The molecule has 0 radical (unpaired) electrons. The summed E-state index contributed by atoms with van der Waals surface area (Å²) in [7, 11) is 0. The Morgan fingerprint density at radius 3 is 2.48 bits per heavy atom. The standard InChI is InChI=1S/C21H25N3O5/c1-20(2,3)29-19(26)24-21(13-27-14-21)17-11-16(9-10-22-17)23-18(25)28-12-15-7-5-4-6-8-15/h4-11H,12-14H2,1-3H3,(H,24,26)(H,22,23,25). The highest BCUT2D eigenvalue weighted by Gasteiger charge is 2.44. The lowest BCUT2D eigenvalue weighted by Gasteiger charge is -2.41. The van der Waals surface area contributed by atoms with E-state index in [1.807, 2.05) is 30.3 Å². The van der Waals surface area contributed by atoms with E-state index in [-0.39, 0.29) is 19.8 Å². The van der Waals surface area contributed by atoms with E-state index in [9.17, 15) is 9.59 Å². The van der Waals surface area contributed by atoms with Crippen molar-refractivity contribution >= 4 is 17.9 Å². The molecule has 0 spiro atoms. The number of carbonyl (C=O) groups excluding carboxylic acids is 2. The third kappa shape index (κ3) is 5.68. The van der Waals surface area contributed by atoms with Crippen molar-refractivity contribution in [2.24, 2.45) is 0 Å². The lowest BCUT2D eigenvalue weighted by molar-refractivity contribution is -0.0817. The van der Waals surface area contributed by atoms with Crippen molar-refractivity contribution in [3.05, 3.63) is 59.9 Å². The summed E-state index contributed by atoms with van der Waals surface area (Å²) >= 11 is 0. The van der Waals surface area contributed by atoms with E-state index in [2.05, 4.69) is 15.6 Å². The number of hydrogen-bond acceptors (Lipinski definition) is 6. The number of nitrogens with one attached hydrogen (secondary N) is 2. The van der Waals surface area contributed by atoms with Crippen LogP contribution in [0.4, 0.5) is 15.3 Å². The first-order valence-electron chi connectivity index (χ1n) is 9.29. The Hall–Kier alpha value is -3.13. The Morgan fingerprint density at radius 2 is 1.86 bits per heavy atom. The maximum Gasteiger partial charge on any atom is 0.411 e. The molecular formula is C21H25N3O5. The van der Waals surface area contributed by atoms with Crippen LogP contribution in [0.2, 0.25) is 0 Å². The van der Waals surface area contributed by atoms with Gasteiger partial charge in [0.05, 0.1) is 18.9 Å². The Kier molecular flexibility index (Phi) is 6.03. The van der Waals surface area contributed by atoms with E-state index in [1.165, 1.54) is 0 Å². The van der Waals surface area contributed by atoms with Gasteiger partial charge in [-0.1, -0.05) is 30.3 Å². The average molecular weight is 399 g/mol. The second-order valence-electron chi connectivity index (χ2n) is 7.82. The summed E-state index contributed by atoms with van der Waals surface area (Å²) in [6.07, 6.45) is 0.423. The predicted octanol–water partition coefficient (Wildman–Crippen LogP) is 3.58. The van der Waals surface area contributed by atoms with Gasteiger partial charge in [0.1, 0.15) is 17.7 Å². The molecule has 1 fully saturated rings. The molecule has 2 heterocycles. The summed E-state index contributed by atoms with van der Waals surface area (Å²) in [6, 6.07) is 12.7. The van der Waals surface area contributed by atoms with Crippen LogP contribution in [0, 0.1) is 0 Å². The summed E-state index contributed by atoms with van der Waals surface area (Å²) in [4.78, 5) is 28.7. The third-order valence-electron chi connectivity index (χ3n) is 4.15. The lowest BCUT2D eigenvalue weighted by Crippen LogP contribution is -2.60. The molecule has 0 bridgehead atoms. The van der Waals surface area contributed by atoms with Gasteiger partial charge in [0.2, 0.25) is 0 Å². The van der Waals surface area contributed by atoms with Crippen molar-refractivity contribution in [2.75, 3.05) is 18.5 Å². The monoisotopic (exact) mass is 399 g/mol. The Labute approximate surface area is 169 Å². The number of ether oxygens (including phenoxy) is 3. The first-order valence-corrected chi connectivity index (χ1v) is 9.29. The molecule has 29 heavy (non-hydrogen) atoms. The third-order valence-corrected chi connectivity index (χ3v) is 4.15. The molecule has 3 rings (SSSR count). The minimum atomic E-state index is -0.798. The van der Waals surface area contributed by atoms with Crippen LogP contribution in [0.1, 0.15) is 32.0 Å². The van der Waals surface area contributed by atoms with E-state index in [4.69, 9.17) is 14.2 Å². The van der Waals surface area contributed by atoms with Crippen molar-refractivity contribution in [3.63, 3.8) is 0 Å². The molecule has 0 aliphatic carbocycles. The summed E-state index contributed by atoms with van der Waals surface area (Å²) < 4.78 is 15.9. The van der Waals surface area contributed by atoms with Gasteiger partial charge >= 0.3 is 12.2 Å². The van der Waals surface area contributed by atoms with Crippen molar-refractivity contribution in [3.8, 4) is 0 Å². The average Bonchev–Trinajstić information content (AvgIpc) is 2.63. The fourth-order valence-electron chi connectivity index (χ4n) is 2.74. The molecule has 1 aromatic heterocycles. The van der Waals surface area contributed by atoms with Crippen LogP contribution in [-0.2, 0) is 26.4 Å². The Bertz CT molecular complexity index is 860. The van der Waals surface area contributed by atoms with Crippen LogP contribution in [0.25, 0.3) is 0 Å². The van der Waals surface area contributed by atoms with Gasteiger partial charge in [-0.25, -0.2) is 9.59 Å². The molecule has 2 aromatic rings. The van der Waals surface area contributed by atoms with Gasteiger partial charge in [0.15, 0.2) is 0 Å². The molecule has 1 aliphatic heterocycles. The van der Waals surface area contributed by atoms with Gasteiger partial charge in [0.25, 0.3) is 0 Å². The number of alkyl carbamates (subject to hydrolysis) is 1. The molecule has 0 atom stereocenters. The van der Waals surface area contributed by atoms with Crippen LogP contribution in [-0.4, -0.2) is 36.0 Å². The molecule has 1 aromatic carbocycles. The minimum absolute atomic E-state index is 0.169. The highest BCUT2D eigenvalue weighted by molar-refractivity contribution is 5.84. The first-order chi connectivity index (χ1) is 13.8.